The summed E-state index contributed by atoms with van der Waals surface area (Å²) in [5, 5.41) is 2.18. The van der Waals surface area contributed by atoms with Gasteiger partial charge < -0.3 is 9.64 Å². The van der Waals surface area contributed by atoms with E-state index in [2.05, 4.69) is 34.7 Å². The molecule has 162 valence electrons. The number of halogens is 2. The molecule has 4 nitrogen and oxygen atoms in total. The van der Waals surface area contributed by atoms with Crippen LogP contribution in [-0.4, -0.2) is 47.5 Å². The first kappa shape index (κ1) is 21.8. The molecule has 3 aromatic rings. The number of carbonyl (C=O) groups is 1. The van der Waals surface area contributed by atoms with E-state index in [-0.39, 0.29) is 30.4 Å². The second-order valence-electron chi connectivity index (χ2n) is 8.19. The second kappa shape index (κ2) is 9.37. The number of amides is 1. The molecule has 1 aliphatic rings. The monoisotopic (exact) mass is 484 g/mol. The van der Waals surface area contributed by atoms with Crippen molar-refractivity contribution in [3.05, 3.63) is 76.5 Å². The number of piperazine rings is 1. The normalized spacial score (nSPS) is 19.5. The second-order valence-corrected chi connectivity index (χ2v) is 8.98. The highest BCUT2D eigenvalue weighted by molar-refractivity contribution is 9.10. The molecule has 1 saturated heterocycles. The largest absolute Gasteiger partial charge is 0.483 e. The average molecular weight is 485 g/mol. The van der Waals surface area contributed by atoms with Crippen LogP contribution in [0.25, 0.3) is 10.8 Å². The summed E-state index contributed by atoms with van der Waals surface area (Å²) in [7, 11) is 0. The van der Waals surface area contributed by atoms with E-state index < -0.39 is 0 Å². The molecular formula is C25H26BrFN2O2. The predicted octanol–water partition coefficient (Wildman–Crippen LogP) is 5.24. The quantitative estimate of drug-likeness (QED) is 0.496. The first-order valence-electron chi connectivity index (χ1n) is 10.5. The highest BCUT2D eigenvalue weighted by atomic mass is 79.9. The van der Waals surface area contributed by atoms with Gasteiger partial charge in [0.2, 0.25) is 0 Å². The summed E-state index contributed by atoms with van der Waals surface area (Å²) in [6.45, 7) is 6.34. The summed E-state index contributed by atoms with van der Waals surface area (Å²) in [5.74, 6) is 0.433. The number of nitrogens with zero attached hydrogens (tertiary/aromatic N) is 2. The Morgan fingerprint density at radius 1 is 1.03 bits per heavy atom. The third kappa shape index (κ3) is 4.91. The standard InChI is InChI=1S/C25H26BrFN2O2/c1-17-14-29(18(2)13-28(17)15-19-7-10-21(27)11-8-19)24(30)16-31-23-12-9-20-5-3-4-6-22(20)25(23)26/h3-12,17-18H,13-16H2,1-2H3/t17-,18+/m0/s1. The fraction of sp³-hybridized carbons (Fsp3) is 0.320. The summed E-state index contributed by atoms with van der Waals surface area (Å²) in [6.07, 6.45) is 0. The van der Waals surface area contributed by atoms with Gasteiger partial charge in [-0.15, -0.1) is 0 Å². The summed E-state index contributed by atoms with van der Waals surface area (Å²) in [6, 6.07) is 18.8. The molecule has 0 aliphatic carbocycles. The molecule has 0 radical (unpaired) electrons. The van der Waals surface area contributed by atoms with Crippen LogP contribution < -0.4 is 4.74 Å². The summed E-state index contributed by atoms with van der Waals surface area (Å²) >= 11 is 3.61. The van der Waals surface area contributed by atoms with E-state index in [1.165, 1.54) is 12.1 Å². The number of ether oxygens (including phenoxy) is 1. The van der Waals surface area contributed by atoms with Crippen LogP contribution >= 0.6 is 15.9 Å². The van der Waals surface area contributed by atoms with Gasteiger partial charge in [-0.1, -0.05) is 42.5 Å². The maximum absolute atomic E-state index is 13.2. The molecule has 0 unspecified atom stereocenters. The van der Waals surface area contributed by atoms with Crippen molar-refractivity contribution in [1.29, 1.82) is 0 Å². The van der Waals surface area contributed by atoms with Crippen molar-refractivity contribution in [2.24, 2.45) is 0 Å². The third-order valence-electron chi connectivity index (χ3n) is 5.91. The molecule has 0 spiro atoms. The van der Waals surface area contributed by atoms with Gasteiger partial charge in [0.05, 0.1) is 4.47 Å². The van der Waals surface area contributed by atoms with E-state index in [0.29, 0.717) is 12.3 Å². The van der Waals surface area contributed by atoms with Gasteiger partial charge in [-0.05, 0) is 64.3 Å². The van der Waals surface area contributed by atoms with E-state index in [9.17, 15) is 9.18 Å². The smallest absolute Gasteiger partial charge is 0.260 e. The summed E-state index contributed by atoms with van der Waals surface area (Å²) in [4.78, 5) is 17.2. The number of hydrogen-bond donors (Lipinski definition) is 0. The summed E-state index contributed by atoms with van der Waals surface area (Å²) < 4.78 is 19.9. The Labute approximate surface area is 190 Å². The number of carbonyl (C=O) groups excluding carboxylic acids is 1. The van der Waals surface area contributed by atoms with E-state index in [0.717, 1.165) is 33.9 Å². The molecule has 0 aromatic heterocycles. The molecule has 6 heteroatoms. The van der Waals surface area contributed by atoms with Crippen molar-refractivity contribution >= 4 is 32.6 Å². The molecule has 31 heavy (non-hydrogen) atoms. The Morgan fingerprint density at radius 2 is 1.77 bits per heavy atom. The van der Waals surface area contributed by atoms with Crippen molar-refractivity contribution in [2.75, 3.05) is 19.7 Å². The molecule has 0 saturated carbocycles. The van der Waals surface area contributed by atoms with Gasteiger partial charge in [0.1, 0.15) is 11.6 Å². The van der Waals surface area contributed by atoms with E-state index >= 15 is 0 Å². The lowest BCUT2D eigenvalue weighted by atomic mass is 10.1. The van der Waals surface area contributed by atoms with Crippen LogP contribution in [0.4, 0.5) is 4.39 Å². The lowest BCUT2D eigenvalue weighted by Gasteiger charge is -2.44. The third-order valence-corrected chi connectivity index (χ3v) is 6.73. The number of fused-ring (bicyclic) bond motifs is 1. The fourth-order valence-corrected chi connectivity index (χ4v) is 4.75. The van der Waals surface area contributed by atoms with Crippen molar-refractivity contribution in [3.63, 3.8) is 0 Å². The topological polar surface area (TPSA) is 32.8 Å². The number of hydrogen-bond acceptors (Lipinski definition) is 3. The van der Waals surface area contributed by atoms with Gasteiger partial charge in [-0.25, -0.2) is 4.39 Å². The zero-order valence-corrected chi connectivity index (χ0v) is 19.3. The maximum atomic E-state index is 13.2. The molecule has 0 N–H and O–H groups in total. The highest BCUT2D eigenvalue weighted by Crippen LogP contribution is 2.33. The molecule has 1 heterocycles. The lowest BCUT2D eigenvalue weighted by molar-refractivity contribution is -0.139. The van der Waals surface area contributed by atoms with Crippen LogP contribution in [0.2, 0.25) is 0 Å². The van der Waals surface area contributed by atoms with Crippen LogP contribution in [0, 0.1) is 5.82 Å². The highest BCUT2D eigenvalue weighted by Gasteiger charge is 2.32. The zero-order chi connectivity index (χ0) is 22.0. The Balaban J connectivity index is 1.37. The van der Waals surface area contributed by atoms with Crippen LogP contribution in [0.1, 0.15) is 19.4 Å². The number of rotatable bonds is 5. The SMILES string of the molecule is C[C@@H]1CN(Cc2ccc(F)cc2)[C@@H](C)CN1C(=O)COc1ccc2ccccc2c1Br. The first-order chi connectivity index (χ1) is 14.9. The molecule has 1 aliphatic heterocycles. The number of benzene rings is 3. The van der Waals surface area contributed by atoms with Gasteiger partial charge in [-0.3, -0.25) is 9.69 Å². The minimum absolute atomic E-state index is 0.00592. The van der Waals surface area contributed by atoms with Gasteiger partial charge in [0, 0.05) is 31.7 Å². The fourth-order valence-electron chi connectivity index (χ4n) is 4.14. The van der Waals surface area contributed by atoms with E-state index in [1.54, 1.807) is 0 Å². The maximum Gasteiger partial charge on any atom is 0.260 e. The van der Waals surface area contributed by atoms with E-state index in [4.69, 9.17) is 4.74 Å². The Kier molecular flexibility index (Phi) is 6.58. The molecule has 0 bridgehead atoms. The Hall–Kier alpha value is -2.44. The summed E-state index contributed by atoms with van der Waals surface area (Å²) in [5.41, 5.74) is 1.07. The van der Waals surface area contributed by atoms with Crippen molar-refractivity contribution < 1.29 is 13.9 Å². The van der Waals surface area contributed by atoms with Crippen LogP contribution in [0.15, 0.2) is 65.1 Å². The molecule has 2 atom stereocenters. The van der Waals surface area contributed by atoms with Crippen LogP contribution in [0.3, 0.4) is 0 Å². The van der Waals surface area contributed by atoms with Crippen molar-refractivity contribution in [2.45, 2.75) is 32.5 Å². The van der Waals surface area contributed by atoms with Gasteiger partial charge in [0.25, 0.3) is 5.91 Å². The first-order valence-corrected chi connectivity index (χ1v) is 11.3. The molecule has 1 fully saturated rings. The van der Waals surface area contributed by atoms with Gasteiger partial charge >= 0.3 is 0 Å². The molecular weight excluding hydrogens is 459 g/mol. The van der Waals surface area contributed by atoms with E-state index in [1.807, 2.05) is 53.4 Å². The lowest BCUT2D eigenvalue weighted by Crippen LogP contribution is -2.58. The Bertz CT molecular complexity index is 1070. The average Bonchev–Trinajstić information content (AvgIpc) is 2.77. The van der Waals surface area contributed by atoms with Crippen LogP contribution in [-0.2, 0) is 11.3 Å². The predicted molar refractivity (Wildman–Crippen MR) is 125 cm³/mol. The zero-order valence-electron chi connectivity index (χ0n) is 17.7. The van der Waals surface area contributed by atoms with Crippen molar-refractivity contribution in [3.8, 4) is 5.75 Å². The molecule has 4 rings (SSSR count). The van der Waals surface area contributed by atoms with Gasteiger partial charge in [-0.2, -0.15) is 0 Å². The van der Waals surface area contributed by atoms with Crippen LogP contribution in [0.5, 0.6) is 5.75 Å². The molecule has 1 amide bonds. The minimum Gasteiger partial charge on any atom is -0.483 e. The Morgan fingerprint density at radius 3 is 2.55 bits per heavy atom. The minimum atomic E-state index is -0.223. The van der Waals surface area contributed by atoms with Gasteiger partial charge in [0.15, 0.2) is 6.61 Å². The molecule has 3 aromatic carbocycles. The van der Waals surface area contributed by atoms with Crippen molar-refractivity contribution in [1.82, 2.24) is 9.80 Å².